The fraction of sp³-hybridized carbons (Fsp3) is 0.308. The van der Waals surface area contributed by atoms with Crippen LogP contribution in [0.3, 0.4) is 0 Å². The maximum absolute atomic E-state index is 13.5. The molecule has 6 rings (SSSR count). The Morgan fingerprint density at radius 1 is 0.865 bits per heavy atom. The van der Waals surface area contributed by atoms with Crippen LogP contribution in [0.2, 0.25) is 0 Å². The highest BCUT2D eigenvalue weighted by atomic mass is 16.8. The van der Waals surface area contributed by atoms with Gasteiger partial charge < -0.3 is 23.8 Å². The van der Waals surface area contributed by atoms with Gasteiger partial charge in [-0.05, 0) is 70.4 Å². The summed E-state index contributed by atoms with van der Waals surface area (Å²) in [5.74, 6) is -1.12. The second-order valence-corrected chi connectivity index (χ2v) is 12.8. The molecule has 0 spiro atoms. The van der Waals surface area contributed by atoms with Crippen LogP contribution in [0, 0.1) is 26.2 Å². The molecule has 13 heteroatoms. The minimum absolute atomic E-state index is 0.144. The summed E-state index contributed by atoms with van der Waals surface area (Å²) < 4.78 is 23.7. The van der Waals surface area contributed by atoms with Crippen LogP contribution in [0.15, 0.2) is 71.9 Å². The Balaban J connectivity index is 1.20. The molecule has 0 saturated heterocycles. The lowest BCUT2D eigenvalue weighted by Crippen LogP contribution is -2.29. The zero-order chi connectivity index (χ0) is 37.2. The van der Waals surface area contributed by atoms with Crippen LogP contribution in [-0.2, 0) is 37.0 Å². The van der Waals surface area contributed by atoms with E-state index in [9.17, 15) is 14.4 Å². The van der Waals surface area contributed by atoms with E-state index in [1.54, 1.807) is 39.0 Å². The van der Waals surface area contributed by atoms with E-state index in [0.717, 1.165) is 33.6 Å². The summed E-state index contributed by atoms with van der Waals surface area (Å²) >= 11 is 0. The molecule has 0 fully saturated rings. The number of hydrogen-bond acceptors (Lipinski definition) is 12. The molecule has 0 amide bonds. The molecule has 0 bridgehead atoms. The van der Waals surface area contributed by atoms with Crippen LogP contribution >= 0.6 is 0 Å². The van der Waals surface area contributed by atoms with Gasteiger partial charge in [-0.25, -0.2) is 14.4 Å². The number of oxime groups is 1. The zero-order valence-corrected chi connectivity index (χ0v) is 30.1. The highest BCUT2D eigenvalue weighted by Gasteiger charge is 2.42. The first kappa shape index (κ1) is 35.7. The molecule has 1 atom stereocenters. The fourth-order valence-corrected chi connectivity index (χ4v) is 5.86. The number of aromatic nitrogens is 4. The van der Waals surface area contributed by atoms with Crippen molar-refractivity contribution in [1.82, 2.24) is 19.5 Å². The van der Waals surface area contributed by atoms with Gasteiger partial charge in [0.25, 0.3) is 6.01 Å². The standard InChI is InChI=1S/C39H39N5O8/c1-8-48-37-42-31-15-11-14-30(35(45)50-25(5)51-38(47)49-21-32-24(4)40-22(2)23(3)41-32)33(31)44(37)20-26-16-18-27(19-17-26)28-12-9-10-13-29(28)34-39(6,7)36(46)52-43-34/h9-19,25H,8,20-21H2,1-7H3. The van der Waals surface area contributed by atoms with E-state index in [4.69, 9.17) is 23.8 Å². The van der Waals surface area contributed by atoms with E-state index in [-0.39, 0.29) is 12.2 Å². The summed E-state index contributed by atoms with van der Waals surface area (Å²) in [7, 11) is 0. The van der Waals surface area contributed by atoms with Gasteiger partial charge >= 0.3 is 18.1 Å². The summed E-state index contributed by atoms with van der Waals surface area (Å²) in [6, 6.07) is 21.1. The highest BCUT2D eigenvalue weighted by Crippen LogP contribution is 2.35. The van der Waals surface area contributed by atoms with Gasteiger partial charge in [0.1, 0.15) is 17.7 Å². The number of imidazole rings is 1. The molecule has 1 aliphatic rings. The first-order valence-corrected chi connectivity index (χ1v) is 16.8. The quantitative estimate of drug-likeness (QED) is 0.0792. The highest BCUT2D eigenvalue weighted by molar-refractivity contribution is 6.19. The lowest BCUT2D eigenvalue weighted by atomic mass is 9.81. The lowest BCUT2D eigenvalue weighted by molar-refractivity contribution is -0.146. The minimum atomic E-state index is -1.26. The summed E-state index contributed by atoms with van der Waals surface area (Å²) in [4.78, 5) is 56.8. The zero-order valence-electron chi connectivity index (χ0n) is 30.1. The molecular weight excluding hydrogens is 666 g/mol. The topological polar surface area (TPSA) is 153 Å². The molecular formula is C39H39N5O8. The van der Waals surface area contributed by atoms with Gasteiger partial charge in [-0.3, -0.25) is 14.5 Å². The van der Waals surface area contributed by atoms with Crippen LogP contribution < -0.4 is 4.74 Å². The molecule has 1 unspecified atom stereocenters. The largest absolute Gasteiger partial charge is 0.511 e. The van der Waals surface area contributed by atoms with E-state index in [2.05, 4.69) is 20.1 Å². The van der Waals surface area contributed by atoms with Crippen molar-refractivity contribution >= 4 is 34.8 Å². The molecule has 5 aromatic rings. The Kier molecular flexibility index (Phi) is 10.0. The van der Waals surface area contributed by atoms with Gasteiger partial charge in [-0.15, -0.1) is 0 Å². The number of carbonyl (C=O) groups excluding carboxylic acids is 3. The molecule has 0 radical (unpaired) electrons. The molecule has 13 nitrogen and oxygen atoms in total. The number of carbonyl (C=O) groups is 3. The monoisotopic (exact) mass is 705 g/mol. The number of esters is 1. The summed E-state index contributed by atoms with van der Waals surface area (Å²) in [5.41, 5.74) is 7.14. The van der Waals surface area contributed by atoms with Gasteiger partial charge in [-0.1, -0.05) is 59.8 Å². The number of para-hydroxylation sites is 1. The van der Waals surface area contributed by atoms with Crippen LogP contribution in [0.5, 0.6) is 6.01 Å². The van der Waals surface area contributed by atoms with E-state index in [1.165, 1.54) is 6.92 Å². The van der Waals surface area contributed by atoms with Crippen molar-refractivity contribution in [3.63, 3.8) is 0 Å². The van der Waals surface area contributed by atoms with Gasteiger partial charge in [0, 0.05) is 12.5 Å². The number of benzene rings is 3. The number of fused-ring (bicyclic) bond motifs is 1. The number of ether oxygens (including phenoxy) is 4. The van der Waals surface area contributed by atoms with Crippen LogP contribution in [0.4, 0.5) is 4.79 Å². The van der Waals surface area contributed by atoms with Crippen molar-refractivity contribution in [2.24, 2.45) is 10.6 Å². The fourth-order valence-electron chi connectivity index (χ4n) is 5.86. The van der Waals surface area contributed by atoms with Gasteiger partial charge in [0.2, 0.25) is 6.29 Å². The molecule has 0 saturated carbocycles. The Morgan fingerprint density at radius 2 is 1.58 bits per heavy atom. The van der Waals surface area contributed by atoms with E-state index in [0.29, 0.717) is 47.3 Å². The summed E-state index contributed by atoms with van der Waals surface area (Å²) in [5, 5.41) is 4.10. The second kappa shape index (κ2) is 14.6. The number of hydrogen-bond donors (Lipinski definition) is 0. The third-order valence-electron chi connectivity index (χ3n) is 8.78. The van der Waals surface area contributed by atoms with Crippen molar-refractivity contribution in [3.05, 3.63) is 106 Å². The van der Waals surface area contributed by atoms with Crippen LogP contribution in [-0.4, -0.2) is 56.2 Å². The summed E-state index contributed by atoms with van der Waals surface area (Å²) in [6.07, 6.45) is -2.28. The van der Waals surface area contributed by atoms with E-state index in [1.807, 2.05) is 73.9 Å². The maximum atomic E-state index is 13.5. The first-order valence-electron chi connectivity index (χ1n) is 16.8. The molecule has 0 N–H and O–H groups in total. The van der Waals surface area contributed by atoms with Crippen molar-refractivity contribution in [2.45, 2.75) is 67.9 Å². The molecule has 268 valence electrons. The normalized spacial score (nSPS) is 14.1. The number of rotatable bonds is 11. The van der Waals surface area contributed by atoms with Gasteiger partial charge in [0.15, 0.2) is 0 Å². The van der Waals surface area contributed by atoms with Crippen molar-refractivity contribution in [2.75, 3.05) is 6.61 Å². The van der Waals surface area contributed by atoms with Crippen molar-refractivity contribution in [3.8, 4) is 17.1 Å². The SMILES string of the molecule is CCOc1nc2cccc(C(=O)OC(C)OC(=O)OCc3nc(C)c(C)nc3C)c2n1Cc1ccc(-c2ccccc2C2=NOC(=O)C2(C)C)cc1. The average Bonchev–Trinajstić information content (AvgIpc) is 3.60. The lowest BCUT2D eigenvalue weighted by Gasteiger charge is -2.18. The molecule has 52 heavy (non-hydrogen) atoms. The maximum Gasteiger partial charge on any atom is 0.511 e. The summed E-state index contributed by atoms with van der Waals surface area (Å²) in [6.45, 7) is 12.8. The van der Waals surface area contributed by atoms with Gasteiger partial charge in [0.05, 0.1) is 52.5 Å². The van der Waals surface area contributed by atoms with Gasteiger partial charge in [-0.2, -0.15) is 4.98 Å². The van der Waals surface area contributed by atoms with Crippen LogP contribution in [0.1, 0.15) is 72.0 Å². The Bertz CT molecular complexity index is 2210. The predicted octanol–water partition coefficient (Wildman–Crippen LogP) is 7.01. The van der Waals surface area contributed by atoms with E-state index >= 15 is 0 Å². The average molecular weight is 706 g/mol. The number of nitrogens with zero attached hydrogens (tertiary/aromatic N) is 5. The van der Waals surface area contributed by atoms with Crippen molar-refractivity contribution in [1.29, 1.82) is 0 Å². The third-order valence-corrected chi connectivity index (χ3v) is 8.78. The smallest absolute Gasteiger partial charge is 0.465 e. The van der Waals surface area contributed by atoms with Crippen LogP contribution in [0.25, 0.3) is 22.2 Å². The molecule has 1 aliphatic heterocycles. The van der Waals surface area contributed by atoms with Crippen molar-refractivity contribution < 1.29 is 38.2 Å². The Hall–Kier alpha value is -6.11. The van der Waals surface area contributed by atoms with E-state index < -0.39 is 29.8 Å². The molecule has 2 aromatic heterocycles. The Labute approximate surface area is 300 Å². The Morgan fingerprint density at radius 3 is 2.27 bits per heavy atom. The molecule has 3 aromatic carbocycles. The molecule has 3 heterocycles. The molecule has 0 aliphatic carbocycles. The minimum Gasteiger partial charge on any atom is -0.465 e. The first-order chi connectivity index (χ1) is 24.9. The second-order valence-electron chi connectivity index (χ2n) is 12.8. The predicted molar refractivity (Wildman–Crippen MR) is 191 cm³/mol. The third kappa shape index (κ3) is 7.20. The number of aryl methyl sites for hydroxylation is 3.